The molecule has 0 bridgehead atoms. The number of benzene rings is 1. The first kappa shape index (κ1) is 10.9. The molecular formula is C14H15N3O. The van der Waals surface area contributed by atoms with Gasteiger partial charge in [0.05, 0.1) is 5.69 Å². The van der Waals surface area contributed by atoms with E-state index in [2.05, 4.69) is 16.0 Å². The van der Waals surface area contributed by atoms with Crippen molar-refractivity contribution in [2.45, 2.75) is 20.8 Å². The van der Waals surface area contributed by atoms with E-state index in [1.54, 1.807) is 0 Å². The number of aryl methyl sites for hydroxylation is 3. The Labute approximate surface area is 105 Å². The van der Waals surface area contributed by atoms with Crippen molar-refractivity contribution in [2.24, 2.45) is 0 Å². The summed E-state index contributed by atoms with van der Waals surface area (Å²) in [5.41, 5.74) is 10.6. The maximum absolute atomic E-state index is 5.90. The summed E-state index contributed by atoms with van der Waals surface area (Å²) in [6.45, 7) is 5.85. The van der Waals surface area contributed by atoms with E-state index in [0.29, 0.717) is 5.89 Å². The van der Waals surface area contributed by atoms with Crippen LogP contribution in [0.1, 0.15) is 17.0 Å². The lowest BCUT2D eigenvalue weighted by Gasteiger charge is -1.98. The van der Waals surface area contributed by atoms with Gasteiger partial charge in [-0.15, -0.1) is 0 Å². The van der Waals surface area contributed by atoms with Gasteiger partial charge in [-0.2, -0.15) is 0 Å². The minimum Gasteiger partial charge on any atom is -0.440 e. The number of nitrogens with zero attached hydrogens (tertiary/aromatic N) is 1. The molecule has 0 aliphatic carbocycles. The summed E-state index contributed by atoms with van der Waals surface area (Å²) < 4.78 is 5.62. The molecular weight excluding hydrogens is 226 g/mol. The number of hydrogen-bond acceptors (Lipinski definition) is 3. The Bertz CT molecular complexity index is 678. The van der Waals surface area contributed by atoms with Crippen LogP contribution in [0.2, 0.25) is 0 Å². The van der Waals surface area contributed by atoms with Crippen LogP contribution in [0.5, 0.6) is 0 Å². The van der Waals surface area contributed by atoms with E-state index in [4.69, 9.17) is 10.2 Å². The van der Waals surface area contributed by atoms with Crippen LogP contribution in [0.25, 0.3) is 22.5 Å². The Hall–Kier alpha value is -2.23. The Balaban J connectivity index is 2.19. The van der Waals surface area contributed by atoms with Crippen molar-refractivity contribution in [1.29, 1.82) is 0 Å². The Kier molecular flexibility index (Phi) is 2.20. The van der Waals surface area contributed by atoms with E-state index in [1.807, 2.05) is 32.9 Å². The van der Waals surface area contributed by atoms with Crippen molar-refractivity contribution in [1.82, 2.24) is 9.97 Å². The van der Waals surface area contributed by atoms with Crippen LogP contribution in [0.4, 0.5) is 5.69 Å². The zero-order chi connectivity index (χ0) is 12.9. The van der Waals surface area contributed by atoms with Crippen LogP contribution in [0.3, 0.4) is 0 Å². The van der Waals surface area contributed by atoms with E-state index in [1.165, 1.54) is 0 Å². The molecule has 4 nitrogen and oxygen atoms in total. The van der Waals surface area contributed by atoms with Crippen LogP contribution >= 0.6 is 0 Å². The Morgan fingerprint density at radius 3 is 2.61 bits per heavy atom. The van der Waals surface area contributed by atoms with Gasteiger partial charge in [-0.3, -0.25) is 0 Å². The van der Waals surface area contributed by atoms with Crippen LogP contribution < -0.4 is 5.73 Å². The lowest BCUT2D eigenvalue weighted by Crippen LogP contribution is -1.88. The van der Waals surface area contributed by atoms with Gasteiger partial charge in [0, 0.05) is 16.6 Å². The number of nitrogen functional groups attached to an aromatic ring is 1. The molecule has 1 aromatic carbocycles. The SMILES string of the molecule is Cc1cc2cc(-c3nc(C)c(C)o3)[nH]c2cc1N. The molecule has 18 heavy (non-hydrogen) atoms. The molecule has 3 aromatic rings. The number of anilines is 1. The maximum atomic E-state index is 5.90. The third-order valence-corrected chi connectivity index (χ3v) is 3.27. The molecule has 2 heterocycles. The van der Waals surface area contributed by atoms with Gasteiger partial charge in [0.25, 0.3) is 0 Å². The fourth-order valence-corrected chi connectivity index (χ4v) is 2.01. The molecule has 0 atom stereocenters. The molecule has 0 aliphatic rings. The molecule has 92 valence electrons. The molecule has 3 N–H and O–H groups in total. The quantitative estimate of drug-likeness (QED) is 0.642. The van der Waals surface area contributed by atoms with Crippen molar-refractivity contribution in [3.05, 3.63) is 35.2 Å². The smallest absolute Gasteiger partial charge is 0.243 e. The number of fused-ring (bicyclic) bond motifs is 1. The molecule has 0 fully saturated rings. The lowest BCUT2D eigenvalue weighted by atomic mass is 10.1. The molecule has 0 unspecified atom stereocenters. The third-order valence-electron chi connectivity index (χ3n) is 3.27. The van der Waals surface area contributed by atoms with Gasteiger partial charge < -0.3 is 15.1 Å². The predicted octanol–water partition coefficient (Wildman–Crippen LogP) is 3.33. The molecule has 0 spiro atoms. The zero-order valence-corrected chi connectivity index (χ0v) is 10.7. The van der Waals surface area contributed by atoms with Crippen LogP contribution in [0, 0.1) is 20.8 Å². The van der Waals surface area contributed by atoms with Gasteiger partial charge in [-0.1, -0.05) is 0 Å². The summed E-state index contributed by atoms with van der Waals surface area (Å²) in [6.07, 6.45) is 0. The van der Waals surface area contributed by atoms with Gasteiger partial charge in [0.2, 0.25) is 5.89 Å². The largest absolute Gasteiger partial charge is 0.440 e. The summed E-state index contributed by atoms with van der Waals surface area (Å²) in [6, 6.07) is 6.04. The molecule has 0 radical (unpaired) electrons. The zero-order valence-electron chi connectivity index (χ0n) is 10.7. The minimum atomic E-state index is 0.623. The first-order valence-electron chi connectivity index (χ1n) is 5.88. The average molecular weight is 241 g/mol. The normalized spacial score (nSPS) is 11.3. The van der Waals surface area contributed by atoms with Crippen molar-refractivity contribution in [2.75, 3.05) is 5.73 Å². The highest BCUT2D eigenvalue weighted by atomic mass is 16.4. The second kappa shape index (κ2) is 3.63. The first-order chi connectivity index (χ1) is 8.54. The van der Waals surface area contributed by atoms with Gasteiger partial charge >= 0.3 is 0 Å². The fraction of sp³-hybridized carbons (Fsp3) is 0.214. The van der Waals surface area contributed by atoms with E-state index in [-0.39, 0.29) is 0 Å². The Morgan fingerprint density at radius 1 is 1.17 bits per heavy atom. The van der Waals surface area contributed by atoms with Crippen LogP contribution in [0.15, 0.2) is 22.6 Å². The summed E-state index contributed by atoms with van der Waals surface area (Å²) in [7, 11) is 0. The number of nitrogens with two attached hydrogens (primary N) is 1. The number of H-pyrrole nitrogens is 1. The molecule has 0 saturated heterocycles. The molecule has 0 amide bonds. The highest BCUT2D eigenvalue weighted by Crippen LogP contribution is 2.27. The maximum Gasteiger partial charge on any atom is 0.243 e. The molecule has 2 aromatic heterocycles. The first-order valence-corrected chi connectivity index (χ1v) is 5.88. The van der Waals surface area contributed by atoms with Crippen molar-refractivity contribution in [3.8, 4) is 11.6 Å². The molecule has 3 rings (SSSR count). The lowest BCUT2D eigenvalue weighted by molar-refractivity contribution is 0.539. The monoisotopic (exact) mass is 241 g/mol. The summed E-state index contributed by atoms with van der Waals surface area (Å²) >= 11 is 0. The van der Waals surface area contributed by atoms with Crippen LogP contribution in [-0.4, -0.2) is 9.97 Å². The summed E-state index contributed by atoms with van der Waals surface area (Å²) in [5, 5.41) is 1.12. The van der Waals surface area contributed by atoms with Crippen molar-refractivity contribution >= 4 is 16.6 Å². The van der Waals surface area contributed by atoms with E-state index in [9.17, 15) is 0 Å². The second-order valence-corrected chi connectivity index (χ2v) is 4.64. The predicted molar refractivity (Wildman–Crippen MR) is 72.4 cm³/mol. The molecule has 0 aliphatic heterocycles. The number of nitrogens with one attached hydrogen (secondary N) is 1. The van der Waals surface area contributed by atoms with Crippen molar-refractivity contribution < 1.29 is 4.42 Å². The van der Waals surface area contributed by atoms with Gasteiger partial charge in [0.1, 0.15) is 11.5 Å². The number of hydrogen-bond donors (Lipinski definition) is 2. The van der Waals surface area contributed by atoms with E-state index < -0.39 is 0 Å². The fourth-order valence-electron chi connectivity index (χ4n) is 2.01. The summed E-state index contributed by atoms with van der Waals surface area (Å²) in [4.78, 5) is 7.68. The molecule has 4 heteroatoms. The standard InChI is InChI=1S/C14H15N3O/c1-7-4-10-5-13(17-12(10)6-11(7)15)14-16-8(2)9(3)18-14/h4-6,17H,15H2,1-3H3. The Morgan fingerprint density at radius 2 is 1.94 bits per heavy atom. The summed E-state index contributed by atoms with van der Waals surface area (Å²) in [5.74, 6) is 1.47. The second-order valence-electron chi connectivity index (χ2n) is 4.64. The van der Waals surface area contributed by atoms with E-state index >= 15 is 0 Å². The van der Waals surface area contributed by atoms with Crippen LogP contribution in [-0.2, 0) is 0 Å². The topological polar surface area (TPSA) is 67.8 Å². The van der Waals surface area contributed by atoms with Gasteiger partial charge in [-0.05, 0) is 44.5 Å². The number of rotatable bonds is 1. The van der Waals surface area contributed by atoms with Crippen molar-refractivity contribution in [3.63, 3.8) is 0 Å². The van der Waals surface area contributed by atoms with Gasteiger partial charge in [-0.25, -0.2) is 4.98 Å². The number of aromatic nitrogens is 2. The minimum absolute atomic E-state index is 0.623. The number of oxazole rings is 1. The van der Waals surface area contributed by atoms with E-state index in [0.717, 1.165) is 39.3 Å². The molecule has 0 saturated carbocycles. The average Bonchev–Trinajstić information content (AvgIpc) is 2.84. The highest BCUT2D eigenvalue weighted by molar-refractivity contribution is 5.88. The highest BCUT2D eigenvalue weighted by Gasteiger charge is 2.11. The third kappa shape index (κ3) is 1.57. The number of aromatic amines is 1. The van der Waals surface area contributed by atoms with Gasteiger partial charge in [0.15, 0.2) is 0 Å².